The highest BCUT2D eigenvalue weighted by atomic mass is 32.1. The van der Waals surface area contributed by atoms with E-state index in [0.717, 1.165) is 23.4 Å². The average molecular weight is 275 g/mol. The van der Waals surface area contributed by atoms with E-state index in [2.05, 4.69) is 15.5 Å². The minimum atomic E-state index is 0.115. The lowest BCUT2D eigenvalue weighted by molar-refractivity contribution is -0.120. The molecule has 3 rings (SSSR count). The van der Waals surface area contributed by atoms with Crippen LogP contribution in [-0.4, -0.2) is 16.1 Å². The monoisotopic (exact) mass is 275 g/mol. The summed E-state index contributed by atoms with van der Waals surface area (Å²) >= 11 is 1.65. The van der Waals surface area contributed by atoms with Crippen molar-refractivity contribution < 1.29 is 4.79 Å². The maximum absolute atomic E-state index is 12.1. The quantitative estimate of drug-likeness (QED) is 0.898. The third-order valence-electron chi connectivity index (χ3n) is 3.59. The molecule has 4 nitrogen and oxygen atoms in total. The molecule has 0 bridgehead atoms. The Bertz CT molecular complexity index is 541. The highest BCUT2D eigenvalue weighted by molar-refractivity contribution is 7.13. The molecule has 2 aromatic rings. The van der Waals surface area contributed by atoms with Gasteiger partial charge in [0.25, 0.3) is 0 Å². The predicted molar refractivity (Wildman–Crippen MR) is 77.1 cm³/mol. The van der Waals surface area contributed by atoms with E-state index in [0.29, 0.717) is 5.82 Å². The smallest absolute Gasteiger partial charge is 0.228 e. The van der Waals surface area contributed by atoms with Crippen molar-refractivity contribution in [3.63, 3.8) is 0 Å². The number of nitrogens with zero attached hydrogens (tertiary/aromatic N) is 1. The molecule has 5 heteroatoms. The van der Waals surface area contributed by atoms with Crippen LogP contribution >= 0.6 is 11.3 Å². The van der Waals surface area contributed by atoms with E-state index < -0.39 is 0 Å². The third-order valence-corrected chi connectivity index (χ3v) is 4.49. The van der Waals surface area contributed by atoms with Crippen LogP contribution in [0.4, 0.5) is 5.82 Å². The lowest BCUT2D eigenvalue weighted by Gasteiger charge is -2.19. The van der Waals surface area contributed by atoms with Gasteiger partial charge in [-0.15, -0.1) is 11.3 Å². The summed E-state index contributed by atoms with van der Waals surface area (Å²) in [7, 11) is 0. The Morgan fingerprint density at radius 3 is 2.95 bits per heavy atom. The van der Waals surface area contributed by atoms with Gasteiger partial charge in [-0.05, 0) is 24.3 Å². The molecular weight excluding hydrogens is 258 g/mol. The van der Waals surface area contributed by atoms with Gasteiger partial charge in [0.05, 0.1) is 10.6 Å². The molecule has 0 aliphatic heterocycles. The Kier molecular flexibility index (Phi) is 3.64. The number of hydrogen-bond donors (Lipinski definition) is 2. The molecule has 1 fully saturated rings. The van der Waals surface area contributed by atoms with Crippen molar-refractivity contribution in [2.75, 3.05) is 5.32 Å². The summed E-state index contributed by atoms with van der Waals surface area (Å²) in [5, 5.41) is 12.1. The second kappa shape index (κ2) is 5.57. The van der Waals surface area contributed by atoms with E-state index >= 15 is 0 Å². The van der Waals surface area contributed by atoms with E-state index in [-0.39, 0.29) is 11.8 Å². The minimum Gasteiger partial charge on any atom is -0.309 e. The molecule has 2 aromatic heterocycles. The van der Waals surface area contributed by atoms with Gasteiger partial charge in [-0.1, -0.05) is 25.3 Å². The van der Waals surface area contributed by atoms with Gasteiger partial charge in [0.1, 0.15) is 0 Å². The molecular formula is C14H17N3OS. The Labute approximate surface area is 116 Å². The zero-order chi connectivity index (χ0) is 13.1. The maximum atomic E-state index is 12.1. The van der Waals surface area contributed by atoms with E-state index in [9.17, 15) is 4.79 Å². The standard InChI is InChI=1S/C14H17N3OS/c18-14(10-5-2-1-3-6-10)15-13-9-11(16-17-13)12-7-4-8-19-12/h4,7-10H,1-3,5-6H2,(H2,15,16,17,18). The van der Waals surface area contributed by atoms with Gasteiger partial charge in [0, 0.05) is 12.0 Å². The van der Waals surface area contributed by atoms with Gasteiger partial charge < -0.3 is 5.32 Å². The first-order valence-corrected chi connectivity index (χ1v) is 7.61. The largest absolute Gasteiger partial charge is 0.309 e. The SMILES string of the molecule is O=C(Nc1cc(-c2cccs2)[nH]n1)C1CCCCC1. The van der Waals surface area contributed by atoms with Gasteiger partial charge in [0.2, 0.25) is 5.91 Å². The number of aromatic amines is 1. The van der Waals surface area contributed by atoms with Gasteiger partial charge in [-0.3, -0.25) is 9.89 Å². The van der Waals surface area contributed by atoms with Crippen LogP contribution in [0.2, 0.25) is 0 Å². The number of carbonyl (C=O) groups excluding carboxylic acids is 1. The van der Waals surface area contributed by atoms with Crippen molar-refractivity contribution in [3.05, 3.63) is 23.6 Å². The number of anilines is 1. The summed E-state index contributed by atoms with van der Waals surface area (Å²) in [6.45, 7) is 0. The van der Waals surface area contributed by atoms with Crippen LogP contribution in [0.25, 0.3) is 10.6 Å². The number of nitrogens with one attached hydrogen (secondary N) is 2. The number of amides is 1. The van der Waals surface area contributed by atoms with Crippen molar-refractivity contribution in [1.82, 2.24) is 10.2 Å². The highest BCUT2D eigenvalue weighted by Crippen LogP contribution is 2.27. The van der Waals surface area contributed by atoms with E-state index in [1.54, 1.807) is 11.3 Å². The molecule has 1 aliphatic carbocycles. The molecule has 0 spiro atoms. The first-order chi connectivity index (χ1) is 9.33. The summed E-state index contributed by atoms with van der Waals surface area (Å²) in [6, 6.07) is 5.93. The van der Waals surface area contributed by atoms with Crippen LogP contribution in [-0.2, 0) is 4.79 Å². The predicted octanol–water partition coefficient (Wildman–Crippen LogP) is 3.66. The Morgan fingerprint density at radius 1 is 1.37 bits per heavy atom. The molecule has 0 radical (unpaired) electrons. The Hall–Kier alpha value is -1.62. The van der Waals surface area contributed by atoms with Crippen LogP contribution in [0.5, 0.6) is 0 Å². The number of H-pyrrole nitrogens is 1. The molecule has 1 saturated carbocycles. The summed E-state index contributed by atoms with van der Waals surface area (Å²) in [5.41, 5.74) is 0.953. The first-order valence-electron chi connectivity index (χ1n) is 6.73. The van der Waals surface area contributed by atoms with Crippen molar-refractivity contribution in [1.29, 1.82) is 0 Å². The minimum absolute atomic E-state index is 0.115. The Balaban J connectivity index is 1.65. The topological polar surface area (TPSA) is 57.8 Å². The molecule has 0 atom stereocenters. The van der Waals surface area contributed by atoms with Gasteiger partial charge in [-0.25, -0.2) is 0 Å². The van der Waals surface area contributed by atoms with E-state index in [4.69, 9.17) is 0 Å². The Morgan fingerprint density at radius 2 is 2.21 bits per heavy atom. The molecule has 2 N–H and O–H groups in total. The highest BCUT2D eigenvalue weighted by Gasteiger charge is 2.21. The zero-order valence-electron chi connectivity index (χ0n) is 10.7. The second-order valence-corrected chi connectivity index (χ2v) is 5.92. The second-order valence-electron chi connectivity index (χ2n) is 4.97. The van der Waals surface area contributed by atoms with Gasteiger partial charge in [0.15, 0.2) is 5.82 Å². The molecule has 0 saturated heterocycles. The molecule has 1 aliphatic rings. The number of hydrogen-bond acceptors (Lipinski definition) is 3. The zero-order valence-corrected chi connectivity index (χ0v) is 11.5. The van der Waals surface area contributed by atoms with Crippen molar-refractivity contribution in [2.45, 2.75) is 32.1 Å². The fourth-order valence-electron chi connectivity index (χ4n) is 2.54. The number of aromatic nitrogens is 2. The van der Waals surface area contributed by atoms with Crippen LogP contribution in [0.3, 0.4) is 0 Å². The average Bonchev–Trinajstić information content (AvgIpc) is 3.10. The van der Waals surface area contributed by atoms with E-state index in [1.165, 1.54) is 19.3 Å². The molecule has 0 aromatic carbocycles. The van der Waals surface area contributed by atoms with Crippen LogP contribution in [0, 0.1) is 5.92 Å². The molecule has 1 amide bonds. The summed E-state index contributed by atoms with van der Waals surface area (Å²) in [6.07, 6.45) is 5.61. The normalized spacial score (nSPS) is 16.4. The summed E-state index contributed by atoms with van der Waals surface area (Å²) in [5.74, 6) is 0.901. The number of carbonyl (C=O) groups is 1. The number of rotatable bonds is 3. The van der Waals surface area contributed by atoms with Crippen LogP contribution < -0.4 is 5.32 Å². The fraction of sp³-hybridized carbons (Fsp3) is 0.429. The van der Waals surface area contributed by atoms with Crippen molar-refractivity contribution in [3.8, 4) is 10.6 Å². The van der Waals surface area contributed by atoms with Crippen LogP contribution in [0.15, 0.2) is 23.6 Å². The lowest BCUT2D eigenvalue weighted by Crippen LogP contribution is -2.24. The number of thiophene rings is 1. The van der Waals surface area contributed by atoms with E-state index in [1.807, 2.05) is 23.6 Å². The fourth-order valence-corrected chi connectivity index (χ4v) is 3.23. The summed E-state index contributed by atoms with van der Waals surface area (Å²) < 4.78 is 0. The van der Waals surface area contributed by atoms with Crippen molar-refractivity contribution >= 4 is 23.1 Å². The third kappa shape index (κ3) is 2.87. The van der Waals surface area contributed by atoms with Crippen molar-refractivity contribution in [2.24, 2.45) is 5.92 Å². The van der Waals surface area contributed by atoms with Crippen LogP contribution in [0.1, 0.15) is 32.1 Å². The molecule has 0 unspecified atom stereocenters. The van der Waals surface area contributed by atoms with Gasteiger partial charge in [-0.2, -0.15) is 5.10 Å². The summed E-state index contributed by atoms with van der Waals surface area (Å²) in [4.78, 5) is 13.2. The molecule has 100 valence electrons. The molecule has 19 heavy (non-hydrogen) atoms. The lowest BCUT2D eigenvalue weighted by atomic mass is 9.89. The molecule has 2 heterocycles. The van der Waals surface area contributed by atoms with Gasteiger partial charge >= 0.3 is 0 Å². The maximum Gasteiger partial charge on any atom is 0.228 e. The first kappa shape index (κ1) is 12.4.